The van der Waals surface area contributed by atoms with Crippen LogP contribution in [0.1, 0.15) is 15.9 Å². The van der Waals surface area contributed by atoms with Crippen molar-refractivity contribution in [3.05, 3.63) is 29.3 Å². The van der Waals surface area contributed by atoms with Crippen LogP contribution in [0.15, 0.2) is 18.2 Å². The minimum absolute atomic E-state index is 0.150. The van der Waals surface area contributed by atoms with Crippen LogP contribution in [0.4, 0.5) is 13.2 Å². The van der Waals surface area contributed by atoms with Crippen LogP contribution in [0.5, 0.6) is 5.75 Å². The number of benzene rings is 1. The molecule has 3 nitrogen and oxygen atoms in total. The van der Waals surface area contributed by atoms with Crippen molar-refractivity contribution in [2.45, 2.75) is 12.8 Å². The predicted molar refractivity (Wildman–Crippen MR) is 47.8 cm³/mol. The van der Waals surface area contributed by atoms with Gasteiger partial charge in [0.15, 0.2) is 6.29 Å². The molecule has 0 saturated heterocycles. The molecule has 0 unspecified atom stereocenters. The summed E-state index contributed by atoms with van der Waals surface area (Å²) in [5, 5.41) is 8.43. The first-order valence-electron chi connectivity index (χ1n) is 4.17. The molecule has 0 bridgehead atoms. The van der Waals surface area contributed by atoms with Crippen LogP contribution < -0.4 is 4.74 Å². The molecule has 0 saturated carbocycles. The smallest absolute Gasteiger partial charge is 0.405 e. The van der Waals surface area contributed by atoms with Gasteiger partial charge in [-0.2, -0.15) is 5.26 Å². The number of rotatable bonds is 3. The Labute approximate surface area is 89.1 Å². The van der Waals surface area contributed by atoms with Crippen LogP contribution in [0.25, 0.3) is 0 Å². The highest BCUT2D eigenvalue weighted by Gasteiger charge is 2.32. The zero-order chi connectivity index (χ0) is 12.2. The van der Waals surface area contributed by atoms with E-state index in [-0.39, 0.29) is 23.8 Å². The van der Waals surface area contributed by atoms with E-state index in [0.717, 1.165) is 6.07 Å². The normalized spacial score (nSPS) is 10.6. The average molecular weight is 229 g/mol. The zero-order valence-corrected chi connectivity index (χ0v) is 7.91. The summed E-state index contributed by atoms with van der Waals surface area (Å²) in [5.74, 6) is -0.588. The summed E-state index contributed by atoms with van der Waals surface area (Å²) < 4.78 is 39.6. The van der Waals surface area contributed by atoms with Gasteiger partial charge < -0.3 is 4.74 Å². The van der Waals surface area contributed by atoms with Gasteiger partial charge in [-0.3, -0.25) is 4.79 Å². The quantitative estimate of drug-likeness (QED) is 0.748. The van der Waals surface area contributed by atoms with Gasteiger partial charge >= 0.3 is 6.36 Å². The minimum Gasteiger partial charge on any atom is -0.405 e. The summed E-state index contributed by atoms with van der Waals surface area (Å²) in [4.78, 5) is 10.7. The molecule has 0 heterocycles. The fourth-order valence-corrected chi connectivity index (χ4v) is 1.18. The van der Waals surface area contributed by atoms with Crippen LogP contribution in [0.2, 0.25) is 0 Å². The molecule has 0 atom stereocenters. The highest BCUT2D eigenvalue weighted by Crippen LogP contribution is 2.27. The number of halogens is 3. The molecule has 16 heavy (non-hydrogen) atoms. The molecule has 1 rings (SSSR count). The molecule has 0 N–H and O–H groups in total. The lowest BCUT2D eigenvalue weighted by atomic mass is 10.1. The Morgan fingerprint density at radius 1 is 1.44 bits per heavy atom. The molecule has 1 aromatic carbocycles. The molecule has 0 aliphatic heterocycles. The van der Waals surface area contributed by atoms with E-state index >= 15 is 0 Å². The summed E-state index contributed by atoms with van der Waals surface area (Å²) in [5.41, 5.74) is -0.0411. The van der Waals surface area contributed by atoms with Crippen LogP contribution in [-0.4, -0.2) is 12.6 Å². The monoisotopic (exact) mass is 229 g/mol. The molecule has 0 aromatic heterocycles. The maximum absolute atomic E-state index is 12.0. The van der Waals surface area contributed by atoms with Crippen molar-refractivity contribution in [2.75, 3.05) is 0 Å². The number of aldehydes is 1. The van der Waals surface area contributed by atoms with E-state index in [9.17, 15) is 18.0 Å². The molecular weight excluding hydrogens is 223 g/mol. The Kier molecular flexibility index (Phi) is 3.51. The second-order valence-electron chi connectivity index (χ2n) is 2.83. The van der Waals surface area contributed by atoms with E-state index in [0.29, 0.717) is 0 Å². The van der Waals surface area contributed by atoms with Crippen LogP contribution in [0.3, 0.4) is 0 Å². The molecule has 0 aliphatic carbocycles. The highest BCUT2D eigenvalue weighted by atomic mass is 19.4. The Morgan fingerprint density at radius 3 is 2.62 bits per heavy atom. The first kappa shape index (κ1) is 12.0. The number of nitriles is 1. The number of hydrogen-bond acceptors (Lipinski definition) is 3. The summed E-state index contributed by atoms with van der Waals surface area (Å²) in [6.07, 6.45) is -4.76. The Morgan fingerprint density at radius 2 is 2.12 bits per heavy atom. The van der Waals surface area contributed by atoms with Gasteiger partial charge in [-0.1, -0.05) is 12.1 Å². The van der Waals surface area contributed by atoms with E-state index in [1.165, 1.54) is 12.1 Å². The zero-order valence-electron chi connectivity index (χ0n) is 7.91. The van der Waals surface area contributed by atoms with Gasteiger partial charge in [0.05, 0.1) is 18.1 Å². The molecule has 0 spiro atoms. The molecular formula is C10H6F3NO2. The topological polar surface area (TPSA) is 50.1 Å². The first-order valence-corrected chi connectivity index (χ1v) is 4.17. The van der Waals surface area contributed by atoms with Crippen molar-refractivity contribution < 1.29 is 22.7 Å². The third kappa shape index (κ3) is 2.98. The lowest BCUT2D eigenvalue weighted by molar-refractivity contribution is -0.274. The fourth-order valence-electron chi connectivity index (χ4n) is 1.18. The van der Waals surface area contributed by atoms with Crippen molar-refractivity contribution >= 4 is 6.29 Å². The number of carbonyl (C=O) groups is 1. The average Bonchev–Trinajstić information content (AvgIpc) is 2.16. The van der Waals surface area contributed by atoms with Gasteiger partial charge in [0.25, 0.3) is 0 Å². The van der Waals surface area contributed by atoms with E-state index in [2.05, 4.69) is 4.74 Å². The SMILES string of the molecule is N#CCc1cccc(OC(F)(F)F)c1C=O. The van der Waals surface area contributed by atoms with Gasteiger partial charge in [0.2, 0.25) is 0 Å². The number of ether oxygens (including phenoxy) is 1. The predicted octanol–water partition coefficient (Wildman–Crippen LogP) is 2.46. The second kappa shape index (κ2) is 4.66. The molecule has 0 aliphatic rings. The van der Waals surface area contributed by atoms with Crippen molar-refractivity contribution in [2.24, 2.45) is 0 Å². The van der Waals surface area contributed by atoms with E-state index in [1.807, 2.05) is 0 Å². The van der Waals surface area contributed by atoms with Gasteiger partial charge in [-0.05, 0) is 11.6 Å². The number of hydrogen-bond donors (Lipinski definition) is 0. The van der Waals surface area contributed by atoms with Gasteiger partial charge in [-0.25, -0.2) is 0 Å². The standard InChI is InChI=1S/C10H6F3NO2/c11-10(12,13)16-9-3-1-2-7(4-5-14)8(9)6-15/h1-3,6H,4H2. The first-order chi connectivity index (χ1) is 7.48. The summed E-state index contributed by atoms with van der Waals surface area (Å²) in [7, 11) is 0. The maximum Gasteiger partial charge on any atom is 0.573 e. The van der Waals surface area contributed by atoms with E-state index < -0.39 is 12.1 Å². The van der Waals surface area contributed by atoms with Crippen LogP contribution in [0, 0.1) is 11.3 Å². The fraction of sp³-hybridized carbons (Fsp3) is 0.200. The molecule has 0 fully saturated rings. The van der Waals surface area contributed by atoms with Gasteiger partial charge in [0, 0.05) is 0 Å². The molecule has 6 heteroatoms. The van der Waals surface area contributed by atoms with Crippen LogP contribution in [-0.2, 0) is 6.42 Å². The second-order valence-corrected chi connectivity index (χ2v) is 2.83. The lowest BCUT2D eigenvalue weighted by Gasteiger charge is -2.12. The van der Waals surface area contributed by atoms with Crippen molar-refractivity contribution in [1.82, 2.24) is 0 Å². The molecule has 0 amide bonds. The minimum atomic E-state index is -4.86. The molecule has 84 valence electrons. The van der Waals surface area contributed by atoms with Crippen LogP contribution >= 0.6 is 0 Å². The van der Waals surface area contributed by atoms with Crippen molar-refractivity contribution in [1.29, 1.82) is 5.26 Å². The summed E-state index contributed by atoms with van der Waals surface area (Å²) in [6, 6.07) is 5.47. The van der Waals surface area contributed by atoms with Crippen molar-refractivity contribution in [3.63, 3.8) is 0 Å². The lowest BCUT2D eigenvalue weighted by Crippen LogP contribution is -2.18. The highest BCUT2D eigenvalue weighted by molar-refractivity contribution is 5.81. The number of alkyl halides is 3. The van der Waals surface area contributed by atoms with E-state index in [4.69, 9.17) is 5.26 Å². The summed E-state index contributed by atoms with van der Waals surface area (Å²) >= 11 is 0. The largest absolute Gasteiger partial charge is 0.573 e. The maximum atomic E-state index is 12.0. The van der Waals surface area contributed by atoms with E-state index in [1.54, 1.807) is 6.07 Å². The Balaban J connectivity index is 3.15. The summed E-state index contributed by atoms with van der Waals surface area (Å²) in [6.45, 7) is 0. The molecule has 1 aromatic rings. The van der Waals surface area contributed by atoms with Gasteiger partial charge in [0.1, 0.15) is 5.75 Å². The molecule has 0 radical (unpaired) electrons. The third-order valence-electron chi connectivity index (χ3n) is 1.77. The van der Waals surface area contributed by atoms with Gasteiger partial charge in [-0.15, -0.1) is 13.2 Å². The number of nitrogens with zero attached hydrogens (tertiary/aromatic N) is 1. The third-order valence-corrected chi connectivity index (χ3v) is 1.77. The van der Waals surface area contributed by atoms with Crippen molar-refractivity contribution in [3.8, 4) is 11.8 Å². The Hall–Kier alpha value is -2.03. The Bertz CT molecular complexity index is 435. The number of carbonyl (C=O) groups excluding carboxylic acids is 1.